The van der Waals surface area contributed by atoms with Crippen molar-refractivity contribution in [3.05, 3.63) is 81.0 Å². The minimum atomic E-state index is -0.477. The van der Waals surface area contributed by atoms with Gasteiger partial charge in [0.15, 0.2) is 5.70 Å². The molecule has 26 heavy (non-hydrogen) atoms. The van der Waals surface area contributed by atoms with Crippen molar-refractivity contribution in [1.82, 2.24) is 0 Å². The van der Waals surface area contributed by atoms with Crippen LogP contribution in [0.3, 0.4) is 0 Å². The van der Waals surface area contributed by atoms with E-state index in [-0.39, 0.29) is 11.6 Å². The van der Waals surface area contributed by atoms with Crippen molar-refractivity contribution in [2.45, 2.75) is 19.8 Å². The summed E-state index contributed by atoms with van der Waals surface area (Å²) in [4.78, 5) is 16.2. The molecule has 0 saturated carbocycles. The minimum absolute atomic E-state index is 0.219. The quantitative estimate of drug-likeness (QED) is 0.469. The van der Waals surface area contributed by atoms with Gasteiger partial charge >= 0.3 is 5.97 Å². The molecule has 3 nitrogen and oxygen atoms in total. The van der Waals surface area contributed by atoms with Crippen molar-refractivity contribution in [1.29, 1.82) is 0 Å². The molecule has 0 aliphatic carbocycles. The SMILES string of the molecule is CC(C)c1ccc(C=C2N=C(C=Cc3cccc(Cl)c3Cl)OC2=O)cc1. The van der Waals surface area contributed by atoms with Crippen molar-refractivity contribution in [2.75, 3.05) is 0 Å². The van der Waals surface area contributed by atoms with Crippen LogP contribution in [-0.4, -0.2) is 11.9 Å². The second-order valence-corrected chi connectivity index (χ2v) is 6.95. The molecule has 0 spiro atoms. The number of hydrogen-bond donors (Lipinski definition) is 0. The lowest BCUT2D eigenvalue weighted by Gasteiger charge is -2.04. The van der Waals surface area contributed by atoms with E-state index in [1.165, 1.54) is 5.56 Å². The lowest BCUT2D eigenvalue weighted by molar-refractivity contribution is -0.129. The zero-order valence-corrected chi connectivity index (χ0v) is 15.9. The van der Waals surface area contributed by atoms with Gasteiger partial charge in [-0.15, -0.1) is 0 Å². The average Bonchev–Trinajstić information content (AvgIpc) is 2.96. The fraction of sp³-hybridized carbons (Fsp3) is 0.143. The first-order valence-electron chi connectivity index (χ1n) is 8.18. The number of aliphatic imine (C=N–C) groups is 1. The molecule has 1 aliphatic rings. The number of ether oxygens (including phenoxy) is 1. The number of esters is 1. The van der Waals surface area contributed by atoms with Gasteiger partial charge in [-0.25, -0.2) is 9.79 Å². The molecule has 2 aromatic rings. The fourth-order valence-electron chi connectivity index (χ4n) is 2.44. The van der Waals surface area contributed by atoms with E-state index in [1.807, 2.05) is 30.3 Å². The zero-order chi connectivity index (χ0) is 18.7. The highest BCUT2D eigenvalue weighted by Crippen LogP contribution is 2.27. The Morgan fingerprint density at radius 3 is 2.46 bits per heavy atom. The summed E-state index contributed by atoms with van der Waals surface area (Å²) in [6.07, 6.45) is 5.01. The number of nitrogens with zero attached hydrogens (tertiary/aromatic N) is 1. The maximum absolute atomic E-state index is 12.0. The van der Waals surface area contributed by atoms with Crippen molar-refractivity contribution in [2.24, 2.45) is 4.99 Å². The predicted octanol–water partition coefficient (Wildman–Crippen LogP) is 6.13. The Balaban J connectivity index is 1.80. The smallest absolute Gasteiger partial charge is 0.363 e. The van der Waals surface area contributed by atoms with Crippen LogP contribution in [0.1, 0.15) is 36.5 Å². The first-order chi connectivity index (χ1) is 12.4. The molecule has 0 radical (unpaired) electrons. The van der Waals surface area contributed by atoms with E-state index >= 15 is 0 Å². The molecule has 0 aromatic heterocycles. The van der Waals surface area contributed by atoms with Crippen molar-refractivity contribution in [3.8, 4) is 0 Å². The highest BCUT2D eigenvalue weighted by atomic mass is 35.5. The monoisotopic (exact) mass is 385 g/mol. The summed E-state index contributed by atoms with van der Waals surface area (Å²) in [7, 11) is 0. The summed E-state index contributed by atoms with van der Waals surface area (Å²) in [5, 5.41) is 0.904. The number of hydrogen-bond acceptors (Lipinski definition) is 3. The first-order valence-corrected chi connectivity index (χ1v) is 8.94. The van der Waals surface area contributed by atoms with E-state index in [1.54, 1.807) is 30.4 Å². The lowest BCUT2D eigenvalue weighted by atomic mass is 10.0. The molecule has 0 atom stereocenters. The van der Waals surface area contributed by atoms with E-state index in [2.05, 4.69) is 18.8 Å². The number of halogens is 2. The molecule has 1 aliphatic heterocycles. The molecule has 5 heteroatoms. The maximum Gasteiger partial charge on any atom is 0.363 e. The summed E-state index contributed by atoms with van der Waals surface area (Å²) < 4.78 is 5.18. The summed E-state index contributed by atoms with van der Waals surface area (Å²) in [5.74, 6) is 0.201. The highest BCUT2D eigenvalue weighted by Gasteiger charge is 2.21. The zero-order valence-electron chi connectivity index (χ0n) is 14.4. The average molecular weight is 386 g/mol. The molecule has 0 unspecified atom stereocenters. The summed E-state index contributed by atoms with van der Waals surface area (Å²) in [6, 6.07) is 13.3. The van der Waals surface area contributed by atoms with Crippen molar-refractivity contribution < 1.29 is 9.53 Å². The molecule has 0 N–H and O–H groups in total. The van der Waals surface area contributed by atoms with Gasteiger partial charge in [-0.1, -0.05) is 73.4 Å². The predicted molar refractivity (Wildman–Crippen MR) is 108 cm³/mol. The topological polar surface area (TPSA) is 38.7 Å². The van der Waals surface area contributed by atoms with Crippen molar-refractivity contribution >= 4 is 47.2 Å². The van der Waals surface area contributed by atoms with E-state index in [0.717, 1.165) is 11.1 Å². The summed E-state index contributed by atoms with van der Waals surface area (Å²) in [5.41, 5.74) is 3.12. The Morgan fingerprint density at radius 1 is 1.04 bits per heavy atom. The van der Waals surface area contributed by atoms with Crippen LogP contribution in [0.25, 0.3) is 12.2 Å². The number of carbonyl (C=O) groups excluding carboxylic acids is 1. The van der Waals surface area contributed by atoms with Gasteiger partial charge < -0.3 is 4.74 Å². The number of cyclic esters (lactones) is 1. The van der Waals surface area contributed by atoms with Crippen LogP contribution < -0.4 is 0 Å². The molecule has 132 valence electrons. The summed E-state index contributed by atoms with van der Waals surface area (Å²) in [6.45, 7) is 4.27. The number of benzene rings is 2. The summed E-state index contributed by atoms with van der Waals surface area (Å²) >= 11 is 12.1. The Morgan fingerprint density at radius 2 is 1.77 bits per heavy atom. The molecular weight excluding hydrogens is 369 g/mol. The van der Waals surface area contributed by atoms with Crippen LogP contribution in [-0.2, 0) is 9.53 Å². The second-order valence-electron chi connectivity index (χ2n) is 6.17. The Bertz CT molecular complexity index is 926. The molecule has 2 aromatic carbocycles. The van der Waals surface area contributed by atoms with Gasteiger partial charge in [-0.05, 0) is 40.8 Å². The first kappa shape index (κ1) is 18.4. The normalized spacial score (nSPS) is 15.8. The van der Waals surface area contributed by atoms with Crippen LogP contribution in [0.4, 0.5) is 0 Å². The van der Waals surface area contributed by atoms with Crippen molar-refractivity contribution in [3.63, 3.8) is 0 Å². The van der Waals surface area contributed by atoms with Crippen LogP contribution in [0.15, 0.2) is 59.2 Å². The van der Waals surface area contributed by atoms with Gasteiger partial charge in [0.25, 0.3) is 0 Å². The minimum Gasteiger partial charge on any atom is -0.403 e. The van der Waals surface area contributed by atoms with E-state index < -0.39 is 5.97 Å². The molecule has 0 bridgehead atoms. The van der Waals surface area contributed by atoms with Crippen LogP contribution in [0, 0.1) is 0 Å². The Hall–Kier alpha value is -2.36. The third-order valence-corrected chi connectivity index (χ3v) is 4.76. The van der Waals surface area contributed by atoms with Gasteiger partial charge in [-0.2, -0.15) is 0 Å². The van der Waals surface area contributed by atoms with E-state index in [0.29, 0.717) is 16.0 Å². The largest absolute Gasteiger partial charge is 0.403 e. The van der Waals surface area contributed by atoms with Gasteiger partial charge in [0.05, 0.1) is 10.0 Å². The highest BCUT2D eigenvalue weighted by molar-refractivity contribution is 6.42. The number of rotatable bonds is 4. The molecule has 1 heterocycles. The molecule has 0 amide bonds. The molecule has 0 saturated heterocycles. The van der Waals surface area contributed by atoms with Crippen LogP contribution in [0.2, 0.25) is 10.0 Å². The molecule has 3 rings (SSSR count). The van der Waals surface area contributed by atoms with Crippen LogP contribution >= 0.6 is 23.2 Å². The van der Waals surface area contributed by atoms with E-state index in [4.69, 9.17) is 27.9 Å². The van der Waals surface area contributed by atoms with E-state index in [9.17, 15) is 4.79 Å². The van der Waals surface area contributed by atoms with Gasteiger partial charge in [0.2, 0.25) is 5.90 Å². The Kier molecular flexibility index (Phi) is 5.60. The third-order valence-electron chi connectivity index (χ3n) is 3.93. The fourth-order valence-corrected chi connectivity index (χ4v) is 2.81. The van der Waals surface area contributed by atoms with Crippen LogP contribution in [0.5, 0.6) is 0 Å². The standard InChI is InChI=1S/C21H17Cl2NO2/c1-13(2)15-8-6-14(7-9-15)12-18-21(25)26-19(24-18)11-10-16-4-3-5-17(22)20(16)23/h3-13H,1-2H3. The van der Waals surface area contributed by atoms with Gasteiger partial charge in [-0.3, -0.25) is 0 Å². The second kappa shape index (κ2) is 7.90. The van der Waals surface area contributed by atoms with Gasteiger partial charge in [0, 0.05) is 6.08 Å². The lowest BCUT2D eigenvalue weighted by Crippen LogP contribution is -2.01. The third kappa shape index (κ3) is 4.24. The number of carbonyl (C=O) groups is 1. The maximum atomic E-state index is 12.0. The Labute approximate surface area is 162 Å². The molecular formula is C21H17Cl2NO2. The van der Waals surface area contributed by atoms with Gasteiger partial charge in [0.1, 0.15) is 0 Å². The molecule has 0 fully saturated rings.